The summed E-state index contributed by atoms with van der Waals surface area (Å²) < 4.78 is 11.2. The fourth-order valence-corrected chi connectivity index (χ4v) is 2.98. The van der Waals surface area contributed by atoms with Gasteiger partial charge in [-0.15, -0.1) is 0 Å². The molecule has 1 saturated heterocycles. The maximum absolute atomic E-state index is 5.70. The number of fused-ring (bicyclic) bond motifs is 1. The van der Waals surface area contributed by atoms with Gasteiger partial charge in [0.1, 0.15) is 11.5 Å². The Kier molecular flexibility index (Phi) is 4.64. The predicted octanol–water partition coefficient (Wildman–Crippen LogP) is 1.01. The van der Waals surface area contributed by atoms with Crippen molar-refractivity contribution in [3.05, 3.63) is 35.7 Å². The van der Waals surface area contributed by atoms with E-state index in [0.29, 0.717) is 32.2 Å². The van der Waals surface area contributed by atoms with Crippen molar-refractivity contribution < 1.29 is 9.47 Å². The van der Waals surface area contributed by atoms with Crippen molar-refractivity contribution >= 4 is 5.82 Å². The highest BCUT2D eigenvalue weighted by molar-refractivity contribution is 5.57. The highest BCUT2D eigenvalue weighted by Gasteiger charge is 2.20. The summed E-state index contributed by atoms with van der Waals surface area (Å²) in [6.07, 6.45) is 2.74. The van der Waals surface area contributed by atoms with E-state index in [1.165, 1.54) is 5.56 Å². The molecule has 0 amide bonds. The van der Waals surface area contributed by atoms with Crippen molar-refractivity contribution in [2.24, 2.45) is 0 Å². The number of ether oxygens (including phenoxy) is 2. The summed E-state index contributed by atoms with van der Waals surface area (Å²) in [4.78, 5) is 13.8. The molecular weight excluding hydrogens is 306 g/mol. The molecule has 1 unspecified atom stereocenters. The molecule has 1 atom stereocenters. The standard InChI is InChI=1S/C17H21N5O2/c1-2-5-19-14(3-1)17-21-15-10-18-6-4-13(15)16(22-17)20-9-12-11-23-7-8-24-12/h1-3,5,12,18H,4,6-11H2,(H,20,21,22). The summed E-state index contributed by atoms with van der Waals surface area (Å²) >= 11 is 0. The lowest BCUT2D eigenvalue weighted by Gasteiger charge is -2.25. The second-order valence-corrected chi connectivity index (χ2v) is 5.91. The Morgan fingerprint density at radius 1 is 1.25 bits per heavy atom. The zero-order valence-electron chi connectivity index (χ0n) is 13.5. The molecule has 126 valence electrons. The SMILES string of the molecule is c1ccc(-c2nc3c(c(NCC4COCCO4)n2)CCNC3)nc1. The molecule has 7 heteroatoms. The molecule has 2 aliphatic rings. The Labute approximate surface area is 140 Å². The Balaban J connectivity index is 1.61. The Bertz CT molecular complexity index is 689. The second kappa shape index (κ2) is 7.21. The topological polar surface area (TPSA) is 81.2 Å². The van der Waals surface area contributed by atoms with Crippen molar-refractivity contribution in [3.63, 3.8) is 0 Å². The molecule has 0 spiro atoms. The Morgan fingerprint density at radius 3 is 3.08 bits per heavy atom. The molecule has 4 rings (SSSR count). The van der Waals surface area contributed by atoms with Crippen molar-refractivity contribution in [1.82, 2.24) is 20.3 Å². The van der Waals surface area contributed by atoms with Crippen LogP contribution in [0.2, 0.25) is 0 Å². The number of hydrogen-bond donors (Lipinski definition) is 2. The first-order valence-corrected chi connectivity index (χ1v) is 8.35. The van der Waals surface area contributed by atoms with E-state index in [4.69, 9.17) is 19.4 Å². The minimum absolute atomic E-state index is 0.0596. The number of anilines is 1. The maximum Gasteiger partial charge on any atom is 0.180 e. The summed E-state index contributed by atoms with van der Waals surface area (Å²) in [5.41, 5.74) is 3.01. The van der Waals surface area contributed by atoms with Crippen LogP contribution in [0.25, 0.3) is 11.5 Å². The molecule has 0 saturated carbocycles. The second-order valence-electron chi connectivity index (χ2n) is 5.91. The number of rotatable bonds is 4. The Hall–Kier alpha value is -2.09. The third kappa shape index (κ3) is 3.38. The molecule has 0 bridgehead atoms. The minimum atomic E-state index is 0.0596. The molecule has 0 aromatic carbocycles. The van der Waals surface area contributed by atoms with E-state index in [1.54, 1.807) is 6.20 Å². The first-order valence-electron chi connectivity index (χ1n) is 8.35. The summed E-state index contributed by atoms with van der Waals surface area (Å²) in [7, 11) is 0. The van der Waals surface area contributed by atoms with Gasteiger partial charge in [-0.2, -0.15) is 0 Å². The lowest BCUT2D eigenvalue weighted by atomic mass is 10.1. The fourth-order valence-electron chi connectivity index (χ4n) is 2.98. The van der Waals surface area contributed by atoms with Gasteiger partial charge < -0.3 is 20.1 Å². The molecule has 24 heavy (non-hydrogen) atoms. The zero-order valence-corrected chi connectivity index (χ0v) is 13.5. The van der Waals surface area contributed by atoms with Crippen LogP contribution in [0, 0.1) is 0 Å². The van der Waals surface area contributed by atoms with Crippen LogP contribution in [0.15, 0.2) is 24.4 Å². The average Bonchev–Trinajstić information content (AvgIpc) is 2.67. The molecule has 0 radical (unpaired) electrons. The van der Waals surface area contributed by atoms with E-state index in [9.17, 15) is 0 Å². The summed E-state index contributed by atoms with van der Waals surface area (Å²) in [5.74, 6) is 1.54. The van der Waals surface area contributed by atoms with Gasteiger partial charge in [-0.05, 0) is 25.1 Å². The quantitative estimate of drug-likeness (QED) is 0.867. The molecule has 2 aliphatic heterocycles. The van der Waals surface area contributed by atoms with Gasteiger partial charge in [0.2, 0.25) is 0 Å². The van der Waals surface area contributed by atoms with Gasteiger partial charge in [-0.1, -0.05) is 6.07 Å². The van der Waals surface area contributed by atoms with Gasteiger partial charge in [0.15, 0.2) is 5.82 Å². The molecule has 2 aromatic heterocycles. The van der Waals surface area contributed by atoms with Crippen LogP contribution in [0.3, 0.4) is 0 Å². The van der Waals surface area contributed by atoms with Gasteiger partial charge >= 0.3 is 0 Å². The molecule has 1 fully saturated rings. The van der Waals surface area contributed by atoms with Gasteiger partial charge in [0, 0.05) is 24.8 Å². The van der Waals surface area contributed by atoms with Crippen LogP contribution in [-0.2, 0) is 22.4 Å². The number of aromatic nitrogens is 3. The van der Waals surface area contributed by atoms with E-state index in [1.807, 2.05) is 18.2 Å². The first kappa shape index (κ1) is 15.4. The molecule has 2 N–H and O–H groups in total. The minimum Gasteiger partial charge on any atom is -0.376 e. The van der Waals surface area contributed by atoms with Crippen molar-refractivity contribution in [2.75, 3.05) is 38.2 Å². The number of nitrogens with one attached hydrogen (secondary N) is 2. The van der Waals surface area contributed by atoms with E-state index >= 15 is 0 Å². The monoisotopic (exact) mass is 327 g/mol. The van der Waals surface area contributed by atoms with Crippen molar-refractivity contribution in [1.29, 1.82) is 0 Å². The summed E-state index contributed by atoms with van der Waals surface area (Å²) in [6.45, 7) is 4.33. The largest absolute Gasteiger partial charge is 0.376 e. The lowest BCUT2D eigenvalue weighted by molar-refractivity contribution is -0.0819. The number of pyridine rings is 1. The molecule has 2 aromatic rings. The fraction of sp³-hybridized carbons (Fsp3) is 0.471. The highest BCUT2D eigenvalue weighted by Crippen LogP contribution is 2.24. The average molecular weight is 327 g/mol. The van der Waals surface area contributed by atoms with Crippen LogP contribution in [0.1, 0.15) is 11.3 Å². The van der Waals surface area contributed by atoms with Crippen LogP contribution in [0.5, 0.6) is 0 Å². The molecule has 7 nitrogen and oxygen atoms in total. The molecule has 0 aliphatic carbocycles. The zero-order chi connectivity index (χ0) is 16.2. The number of hydrogen-bond acceptors (Lipinski definition) is 7. The smallest absolute Gasteiger partial charge is 0.180 e. The van der Waals surface area contributed by atoms with Crippen molar-refractivity contribution in [3.8, 4) is 11.5 Å². The van der Waals surface area contributed by atoms with Gasteiger partial charge in [0.05, 0.1) is 31.6 Å². The normalized spacial score (nSPS) is 20.4. The van der Waals surface area contributed by atoms with E-state index in [0.717, 1.165) is 36.7 Å². The summed E-state index contributed by atoms with van der Waals surface area (Å²) in [5, 5.41) is 6.81. The van der Waals surface area contributed by atoms with E-state index in [-0.39, 0.29) is 6.10 Å². The predicted molar refractivity (Wildman–Crippen MR) is 89.7 cm³/mol. The van der Waals surface area contributed by atoms with Crippen LogP contribution in [0.4, 0.5) is 5.82 Å². The summed E-state index contributed by atoms with van der Waals surface area (Å²) in [6, 6.07) is 5.77. The first-order chi connectivity index (χ1) is 11.9. The van der Waals surface area contributed by atoms with Gasteiger partial charge in [-0.3, -0.25) is 4.98 Å². The maximum atomic E-state index is 5.70. The van der Waals surface area contributed by atoms with E-state index < -0.39 is 0 Å². The lowest BCUT2D eigenvalue weighted by Crippen LogP contribution is -2.35. The van der Waals surface area contributed by atoms with Crippen molar-refractivity contribution in [2.45, 2.75) is 19.1 Å². The van der Waals surface area contributed by atoms with E-state index in [2.05, 4.69) is 15.6 Å². The van der Waals surface area contributed by atoms with Gasteiger partial charge in [-0.25, -0.2) is 9.97 Å². The highest BCUT2D eigenvalue weighted by atomic mass is 16.6. The molecule has 4 heterocycles. The van der Waals surface area contributed by atoms with Crippen LogP contribution < -0.4 is 10.6 Å². The third-order valence-electron chi connectivity index (χ3n) is 4.21. The third-order valence-corrected chi connectivity index (χ3v) is 4.21. The van der Waals surface area contributed by atoms with Gasteiger partial charge in [0.25, 0.3) is 0 Å². The number of nitrogens with zero attached hydrogens (tertiary/aromatic N) is 3. The molecular formula is C17H21N5O2. The van der Waals surface area contributed by atoms with Crippen LogP contribution in [-0.4, -0.2) is 54.0 Å². The van der Waals surface area contributed by atoms with Crippen LogP contribution >= 0.6 is 0 Å². The Morgan fingerprint density at radius 2 is 2.25 bits per heavy atom.